The molecule has 0 rings (SSSR count). The standard InChI is InChI=1S/C4N2O4S2.2Ca.4H/c5-1-11-9-3(7)4(8)10-12-2-6;;;;;;/q;2*+2;4*-1/p+2. The van der Waals surface area contributed by atoms with Crippen molar-refractivity contribution in [3.63, 3.8) is 0 Å². The number of rotatable bonds is 2. The molecule has 0 aliphatic rings. The Morgan fingerprint density at radius 2 is 1.36 bits per heavy atom. The van der Waals surface area contributed by atoms with E-state index in [1.54, 1.807) is 0 Å². The third-order valence-electron chi connectivity index (χ3n) is 0.476. The number of thiocyanates is 2. The first-order valence-corrected chi connectivity index (χ1v) is 3.74. The van der Waals surface area contributed by atoms with Crippen LogP contribution in [-0.2, 0) is 18.0 Å². The maximum Gasteiger partial charge on any atom is 2.00 e. The first kappa shape index (κ1) is 20.5. The smallest absolute Gasteiger partial charge is 1.00 e. The zero-order chi connectivity index (χ0) is 9.40. The summed E-state index contributed by atoms with van der Waals surface area (Å²) >= 11 is 0.282. The van der Waals surface area contributed by atoms with Gasteiger partial charge >= 0.3 is 90.3 Å². The van der Waals surface area contributed by atoms with Crippen LogP contribution in [0.4, 0.5) is 0 Å². The molecule has 10 heteroatoms. The van der Waals surface area contributed by atoms with E-state index in [9.17, 15) is 9.59 Å². The van der Waals surface area contributed by atoms with E-state index in [-0.39, 0.29) is 108 Å². The molecule has 0 spiro atoms. The van der Waals surface area contributed by atoms with Gasteiger partial charge in [0.2, 0.25) is 0 Å². The van der Waals surface area contributed by atoms with Gasteiger partial charge in [-0.3, -0.25) is 0 Å². The molecule has 0 amide bonds. The van der Waals surface area contributed by atoms with E-state index in [0.717, 1.165) is 0 Å². The molecule has 0 aliphatic heterocycles. The summed E-state index contributed by atoms with van der Waals surface area (Å²) < 4.78 is 7.94. The Morgan fingerprint density at radius 3 is 1.57 bits per heavy atom. The van der Waals surface area contributed by atoms with E-state index in [0.29, 0.717) is 0 Å². The number of nitrogens with zero attached hydrogens (tertiary/aromatic N) is 2. The molecule has 0 atom stereocenters. The SMILES string of the molecule is N#CSOC(=O)C(=O)OSC#N.[Ca+2].[Ca+2].[H+].[H+].[H-].[H-].[H-].[H-]. The first-order valence-electron chi connectivity index (χ1n) is 2.26. The van der Waals surface area contributed by atoms with Gasteiger partial charge in [-0.05, 0) is 0 Å². The van der Waals surface area contributed by atoms with Gasteiger partial charge in [-0.15, -0.1) is 0 Å². The molecule has 0 saturated heterocycles. The Bertz CT molecular complexity index is 263. The Morgan fingerprint density at radius 1 is 1.07 bits per heavy atom. The van der Waals surface area contributed by atoms with Crippen LogP contribution in [0.5, 0.6) is 0 Å². The van der Waals surface area contributed by atoms with E-state index < -0.39 is 11.9 Å². The topological polar surface area (TPSA) is 100 Å². The quantitative estimate of drug-likeness (QED) is 0.309. The fraction of sp³-hybridized carbons (Fsp3) is 0. The molecule has 0 aromatic heterocycles. The van der Waals surface area contributed by atoms with Crippen LogP contribution in [0.25, 0.3) is 0 Å². The number of nitriles is 2. The molecule has 0 aromatic carbocycles. The summed E-state index contributed by atoms with van der Waals surface area (Å²) in [5, 5.41) is 18.6. The molecule has 0 saturated carbocycles. The number of hydrogen-bond acceptors (Lipinski definition) is 8. The van der Waals surface area contributed by atoms with Gasteiger partial charge in [0.1, 0.15) is 0 Å². The Kier molecular flexibility index (Phi) is 20.7. The second-order valence-electron chi connectivity index (χ2n) is 1.09. The summed E-state index contributed by atoms with van der Waals surface area (Å²) in [4.78, 5) is 20.8. The van der Waals surface area contributed by atoms with Gasteiger partial charge in [-0.2, -0.15) is 10.5 Å². The van der Waals surface area contributed by atoms with Gasteiger partial charge in [0.25, 0.3) is 0 Å². The van der Waals surface area contributed by atoms with Crippen molar-refractivity contribution in [2.24, 2.45) is 0 Å². The molecule has 0 fully saturated rings. The molecule has 0 radical (unpaired) electrons. The number of carbonyl (C=O) groups is 2. The fourth-order valence-electron chi connectivity index (χ4n) is 0.181. The molecule has 70 valence electrons. The van der Waals surface area contributed by atoms with Crippen molar-refractivity contribution in [2.45, 2.75) is 0 Å². The van der Waals surface area contributed by atoms with E-state index in [1.165, 1.54) is 10.8 Å². The number of carbonyl (C=O) groups excluding carboxylic acids is 2. The summed E-state index contributed by atoms with van der Waals surface area (Å²) in [5.74, 6) is -2.66. The second kappa shape index (κ2) is 14.1. The molecule has 0 bridgehead atoms. The van der Waals surface area contributed by atoms with Crippen LogP contribution in [-0.4, -0.2) is 87.4 Å². The molecule has 0 unspecified atom stereocenters. The third-order valence-corrected chi connectivity index (χ3v) is 1.09. The minimum Gasteiger partial charge on any atom is -1.00 e. The largest absolute Gasteiger partial charge is 2.00 e. The summed E-state index contributed by atoms with van der Waals surface area (Å²) in [6, 6.07) is 0. The van der Waals surface area contributed by atoms with Crippen molar-refractivity contribution in [1.29, 1.82) is 10.5 Å². The van der Waals surface area contributed by atoms with E-state index in [4.69, 9.17) is 10.5 Å². The monoisotopic (exact) mass is 290 g/mol. The van der Waals surface area contributed by atoms with Gasteiger partial charge in [-0.25, -0.2) is 9.59 Å². The summed E-state index contributed by atoms with van der Waals surface area (Å²) in [7, 11) is 0. The average Bonchev–Trinajstić information content (AvgIpc) is 2.10. The van der Waals surface area contributed by atoms with Gasteiger partial charge in [0.15, 0.2) is 34.9 Å². The van der Waals surface area contributed by atoms with Crippen LogP contribution in [0, 0.1) is 21.3 Å². The molecule has 6 nitrogen and oxygen atoms in total. The Labute approximate surface area is 157 Å². The number of hydrogen-bond donors (Lipinski definition) is 0. The maximum absolute atomic E-state index is 10.4. The summed E-state index contributed by atoms with van der Waals surface area (Å²) in [6.07, 6.45) is 0. The molecular weight excluding hydrogens is 284 g/mol. The van der Waals surface area contributed by atoms with Crippen LogP contribution >= 0.6 is 24.1 Å². The minimum atomic E-state index is -1.33. The zero-order valence-corrected chi connectivity index (χ0v) is 12.8. The Hall–Kier alpha value is 1.14. The Balaban J connectivity index is -0.0000000216. The van der Waals surface area contributed by atoms with Crippen LogP contribution < -0.4 is 0 Å². The van der Waals surface area contributed by atoms with Gasteiger partial charge in [0, 0.05) is 0 Å². The zero-order valence-electron chi connectivity index (χ0n) is 12.8. The van der Waals surface area contributed by atoms with Gasteiger partial charge in [-0.1, -0.05) is 0 Å². The third kappa shape index (κ3) is 11.2. The normalized spacial score (nSPS) is 6.43. The van der Waals surface area contributed by atoms with Crippen molar-refractivity contribution >= 4 is 112 Å². The van der Waals surface area contributed by atoms with Crippen LogP contribution in [0.3, 0.4) is 0 Å². The van der Waals surface area contributed by atoms with Crippen molar-refractivity contribution in [2.75, 3.05) is 0 Å². The maximum atomic E-state index is 10.4. The van der Waals surface area contributed by atoms with Gasteiger partial charge < -0.3 is 14.1 Å². The molecule has 0 heterocycles. The van der Waals surface area contributed by atoms with Crippen molar-refractivity contribution in [3.05, 3.63) is 0 Å². The van der Waals surface area contributed by atoms with Crippen LogP contribution in [0.1, 0.15) is 8.56 Å². The van der Waals surface area contributed by atoms with E-state index in [1.807, 2.05) is 0 Å². The van der Waals surface area contributed by atoms with Crippen LogP contribution in [0.15, 0.2) is 0 Å². The molecule has 0 N–H and O–H groups in total. The predicted molar refractivity (Wildman–Crippen MR) is 56.8 cm³/mol. The van der Waals surface area contributed by atoms with Crippen molar-refractivity contribution in [3.8, 4) is 10.8 Å². The van der Waals surface area contributed by atoms with Crippen LogP contribution in [0.2, 0.25) is 0 Å². The molecule has 14 heavy (non-hydrogen) atoms. The molecule has 0 aromatic rings. The minimum absolute atomic E-state index is 0. The van der Waals surface area contributed by atoms with E-state index >= 15 is 0 Å². The molecule has 0 aliphatic carbocycles. The predicted octanol–water partition coefficient (Wildman–Crippen LogP) is 0.245. The second-order valence-corrected chi connectivity index (χ2v) is 2.12. The fourth-order valence-corrected chi connectivity index (χ4v) is 0.543. The molecular formula is C4H6Ca2N2O4S2+2. The average molecular weight is 290 g/mol. The first-order chi connectivity index (χ1) is 5.72. The summed E-state index contributed by atoms with van der Waals surface area (Å²) in [6.45, 7) is 0. The summed E-state index contributed by atoms with van der Waals surface area (Å²) in [5.41, 5.74) is 0. The van der Waals surface area contributed by atoms with Crippen molar-refractivity contribution in [1.82, 2.24) is 0 Å². The van der Waals surface area contributed by atoms with Crippen molar-refractivity contribution < 1.29 is 26.5 Å². The van der Waals surface area contributed by atoms with E-state index in [2.05, 4.69) is 8.37 Å². The van der Waals surface area contributed by atoms with Gasteiger partial charge in [0.05, 0.1) is 0 Å².